The molecule has 2 aromatic carbocycles. The van der Waals surface area contributed by atoms with Gasteiger partial charge in [-0.25, -0.2) is 0 Å². The predicted octanol–water partition coefficient (Wildman–Crippen LogP) is 3.89. The number of esters is 1. The van der Waals surface area contributed by atoms with E-state index in [4.69, 9.17) is 16.3 Å². The number of rotatable bonds is 4. The first-order valence-electron chi connectivity index (χ1n) is 6.27. The van der Waals surface area contributed by atoms with Gasteiger partial charge in [-0.3, -0.25) is 4.79 Å². The maximum Gasteiger partial charge on any atom is 0.313 e. The zero-order valence-corrected chi connectivity index (χ0v) is 11.8. The third kappa shape index (κ3) is 3.52. The normalized spacial score (nSPS) is 11.9. The molecule has 0 amide bonds. The van der Waals surface area contributed by atoms with Crippen LogP contribution in [-0.4, -0.2) is 11.1 Å². The molecule has 0 aliphatic carbocycles. The van der Waals surface area contributed by atoms with Gasteiger partial charge in [-0.1, -0.05) is 48.0 Å². The van der Waals surface area contributed by atoms with E-state index in [2.05, 4.69) is 0 Å². The van der Waals surface area contributed by atoms with Crippen LogP contribution in [0, 0.1) is 0 Å². The molecule has 0 aromatic heterocycles. The van der Waals surface area contributed by atoms with Gasteiger partial charge in [-0.2, -0.15) is 0 Å². The van der Waals surface area contributed by atoms with E-state index in [9.17, 15) is 9.90 Å². The summed E-state index contributed by atoms with van der Waals surface area (Å²) in [6.45, 7) is 1.96. The second-order valence-electron chi connectivity index (χ2n) is 4.52. The highest BCUT2D eigenvalue weighted by Gasteiger charge is 2.19. The summed E-state index contributed by atoms with van der Waals surface area (Å²) in [5, 5.41) is 9.67. The monoisotopic (exact) mass is 290 g/mol. The Morgan fingerprint density at radius 2 is 1.95 bits per heavy atom. The molecule has 1 N–H and O–H groups in total. The lowest BCUT2D eigenvalue weighted by molar-refractivity contribution is -0.146. The lowest BCUT2D eigenvalue weighted by Crippen LogP contribution is -2.13. The fraction of sp³-hybridized carbons (Fsp3) is 0.188. The predicted molar refractivity (Wildman–Crippen MR) is 77.8 cm³/mol. The molecule has 104 valence electrons. The van der Waals surface area contributed by atoms with Crippen LogP contribution in [0.1, 0.15) is 24.0 Å². The van der Waals surface area contributed by atoms with Gasteiger partial charge in [0.15, 0.2) is 0 Å². The van der Waals surface area contributed by atoms with Gasteiger partial charge in [0.05, 0.1) is 5.92 Å². The van der Waals surface area contributed by atoms with Crippen molar-refractivity contribution in [2.75, 3.05) is 0 Å². The summed E-state index contributed by atoms with van der Waals surface area (Å²) in [6, 6.07) is 14.0. The molecule has 3 nitrogen and oxygen atoms in total. The Morgan fingerprint density at radius 3 is 2.60 bits per heavy atom. The lowest BCUT2D eigenvalue weighted by atomic mass is 10.0. The second-order valence-corrected chi connectivity index (χ2v) is 4.93. The summed E-state index contributed by atoms with van der Waals surface area (Å²) in [4.78, 5) is 12.0. The molecule has 1 atom stereocenters. The van der Waals surface area contributed by atoms with E-state index < -0.39 is 5.92 Å². The van der Waals surface area contributed by atoms with Crippen LogP contribution < -0.4 is 0 Å². The number of hydrogen-bond acceptors (Lipinski definition) is 3. The molecule has 4 heteroatoms. The Morgan fingerprint density at radius 1 is 1.25 bits per heavy atom. The molecule has 2 aromatic rings. The number of ether oxygens (including phenoxy) is 1. The zero-order chi connectivity index (χ0) is 14.5. The molecular formula is C16H15ClO3. The topological polar surface area (TPSA) is 46.5 Å². The van der Waals surface area contributed by atoms with Gasteiger partial charge in [-0.05, 0) is 30.2 Å². The van der Waals surface area contributed by atoms with Crippen molar-refractivity contribution in [3.8, 4) is 5.75 Å². The van der Waals surface area contributed by atoms with Crippen molar-refractivity contribution in [2.45, 2.75) is 19.4 Å². The van der Waals surface area contributed by atoms with Crippen LogP contribution in [0.4, 0.5) is 0 Å². The first-order valence-corrected chi connectivity index (χ1v) is 6.64. The van der Waals surface area contributed by atoms with Crippen LogP contribution in [0.25, 0.3) is 0 Å². The highest BCUT2D eigenvalue weighted by molar-refractivity contribution is 6.31. The van der Waals surface area contributed by atoms with E-state index in [1.54, 1.807) is 13.0 Å². The molecule has 0 fully saturated rings. The van der Waals surface area contributed by atoms with E-state index in [-0.39, 0.29) is 18.3 Å². The van der Waals surface area contributed by atoms with Crippen molar-refractivity contribution in [1.82, 2.24) is 0 Å². The Labute approximate surface area is 122 Å². The molecule has 20 heavy (non-hydrogen) atoms. The van der Waals surface area contributed by atoms with Crippen molar-refractivity contribution in [2.24, 2.45) is 0 Å². The largest absolute Gasteiger partial charge is 0.508 e. The highest BCUT2D eigenvalue weighted by Crippen LogP contribution is 2.28. The van der Waals surface area contributed by atoms with Crippen molar-refractivity contribution in [3.63, 3.8) is 0 Å². The average molecular weight is 291 g/mol. The maximum absolute atomic E-state index is 12.0. The van der Waals surface area contributed by atoms with Crippen molar-refractivity contribution in [3.05, 3.63) is 64.7 Å². The van der Waals surface area contributed by atoms with Gasteiger partial charge in [0.2, 0.25) is 0 Å². The van der Waals surface area contributed by atoms with Gasteiger partial charge in [0.25, 0.3) is 0 Å². The highest BCUT2D eigenvalue weighted by atomic mass is 35.5. The Hall–Kier alpha value is -2.00. The van der Waals surface area contributed by atoms with E-state index in [0.29, 0.717) is 10.6 Å². The quantitative estimate of drug-likeness (QED) is 0.869. The Kier molecular flexibility index (Phi) is 4.64. The average Bonchev–Trinajstić information content (AvgIpc) is 2.45. The standard InChI is InChI=1S/C16H15ClO3/c1-11(14-8-7-13(18)9-15(14)17)16(19)20-10-12-5-3-2-4-6-12/h2-9,11,18H,10H2,1H3. The van der Waals surface area contributed by atoms with E-state index in [1.807, 2.05) is 30.3 Å². The first kappa shape index (κ1) is 14.4. The first-order chi connectivity index (χ1) is 9.58. The number of benzene rings is 2. The van der Waals surface area contributed by atoms with Crippen molar-refractivity contribution in [1.29, 1.82) is 0 Å². The molecule has 0 aliphatic heterocycles. The summed E-state index contributed by atoms with van der Waals surface area (Å²) < 4.78 is 5.27. The Bertz CT molecular complexity index is 596. The van der Waals surface area contributed by atoms with Gasteiger partial charge in [0.1, 0.15) is 12.4 Å². The minimum absolute atomic E-state index is 0.0728. The SMILES string of the molecule is CC(C(=O)OCc1ccccc1)c1ccc(O)cc1Cl. The molecule has 0 radical (unpaired) electrons. The van der Waals surface area contributed by atoms with Crippen LogP contribution in [0.5, 0.6) is 5.75 Å². The summed E-state index contributed by atoms with van der Waals surface area (Å²) in [5.74, 6) is -0.753. The minimum atomic E-state index is -0.480. The van der Waals surface area contributed by atoms with Crippen LogP contribution in [-0.2, 0) is 16.1 Å². The maximum atomic E-state index is 12.0. The molecule has 0 bridgehead atoms. The van der Waals surface area contributed by atoms with Gasteiger partial charge in [-0.15, -0.1) is 0 Å². The zero-order valence-electron chi connectivity index (χ0n) is 11.0. The number of carbonyl (C=O) groups is 1. The molecule has 1 unspecified atom stereocenters. The summed E-state index contributed by atoms with van der Waals surface area (Å²) >= 11 is 6.02. The molecule has 0 heterocycles. The third-order valence-electron chi connectivity index (χ3n) is 3.03. The van der Waals surface area contributed by atoms with Crippen LogP contribution in [0.15, 0.2) is 48.5 Å². The number of phenolic OH excluding ortho intramolecular Hbond substituents is 1. The van der Waals surface area contributed by atoms with Crippen LogP contribution in [0.2, 0.25) is 5.02 Å². The van der Waals surface area contributed by atoms with Crippen molar-refractivity contribution >= 4 is 17.6 Å². The smallest absolute Gasteiger partial charge is 0.313 e. The van der Waals surface area contributed by atoms with Gasteiger partial charge >= 0.3 is 5.97 Å². The van der Waals surface area contributed by atoms with Gasteiger partial charge in [0, 0.05) is 5.02 Å². The number of carbonyl (C=O) groups excluding carboxylic acids is 1. The van der Waals surface area contributed by atoms with E-state index >= 15 is 0 Å². The van der Waals surface area contributed by atoms with Crippen LogP contribution >= 0.6 is 11.6 Å². The molecule has 0 spiro atoms. The lowest BCUT2D eigenvalue weighted by Gasteiger charge is -2.13. The molecule has 0 saturated carbocycles. The third-order valence-corrected chi connectivity index (χ3v) is 3.36. The molecule has 0 saturated heterocycles. The number of halogens is 1. The fourth-order valence-electron chi connectivity index (χ4n) is 1.85. The number of hydrogen-bond donors (Lipinski definition) is 1. The van der Waals surface area contributed by atoms with E-state index in [1.165, 1.54) is 12.1 Å². The summed E-state index contributed by atoms with van der Waals surface area (Å²) in [5.41, 5.74) is 1.58. The fourth-order valence-corrected chi connectivity index (χ4v) is 2.19. The number of phenols is 1. The van der Waals surface area contributed by atoms with Gasteiger partial charge < -0.3 is 9.84 Å². The van der Waals surface area contributed by atoms with E-state index in [0.717, 1.165) is 5.56 Å². The van der Waals surface area contributed by atoms with Crippen LogP contribution in [0.3, 0.4) is 0 Å². The molecular weight excluding hydrogens is 276 g/mol. The Balaban J connectivity index is 2.01. The minimum Gasteiger partial charge on any atom is -0.508 e. The molecule has 0 aliphatic rings. The second kappa shape index (κ2) is 6.44. The summed E-state index contributed by atoms with van der Waals surface area (Å²) in [7, 11) is 0. The van der Waals surface area contributed by atoms with Crippen molar-refractivity contribution < 1.29 is 14.6 Å². The number of aromatic hydroxyl groups is 1. The summed E-state index contributed by atoms with van der Waals surface area (Å²) in [6.07, 6.45) is 0. The molecule has 2 rings (SSSR count).